The number of aromatic nitrogens is 1. The zero-order valence-corrected chi connectivity index (χ0v) is 29.6. The van der Waals surface area contributed by atoms with Crippen LogP contribution in [0.4, 0.5) is 0 Å². The molecule has 0 radical (unpaired) electrons. The van der Waals surface area contributed by atoms with Crippen molar-refractivity contribution in [1.29, 1.82) is 0 Å². The van der Waals surface area contributed by atoms with Crippen LogP contribution in [-0.4, -0.2) is 4.98 Å². The SMILES string of the molecule is Cc1ccc(-c2cc(-c3ccc(Cl)cc3)nc3c2C[C@]2(C)C4CC[C@@]5(C)C(CC[C@@H]5[C@@H](C)CCCC(C)C)C4CC[C@H]2C3)cc1. The molecule has 3 aromatic rings. The van der Waals surface area contributed by atoms with Crippen LogP contribution in [0.5, 0.6) is 0 Å². The van der Waals surface area contributed by atoms with Gasteiger partial charge in [0.1, 0.15) is 0 Å². The van der Waals surface area contributed by atoms with E-state index in [2.05, 4.69) is 84.0 Å². The Morgan fingerprint density at radius 1 is 0.822 bits per heavy atom. The van der Waals surface area contributed by atoms with Gasteiger partial charge in [0.15, 0.2) is 0 Å². The van der Waals surface area contributed by atoms with Crippen LogP contribution < -0.4 is 0 Å². The predicted molar refractivity (Wildman–Crippen MR) is 191 cm³/mol. The second kappa shape index (κ2) is 12.2. The molecule has 3 unspecified atom stereocenters. The summed E-state index contributed by atoms with van der Waals surface area (Å²) in [6.07, 6.45) is 15.2. The molecule has 8 atom stereocenters. The van der Waals surface area contributed by atoms with Gasteiger partial charge in [-0.1, -0.05) is 107 Å². The average Bonchev–Trinajstić information content (AvgIpc) is 3.37. The van der Waals surface area contributed by atoms with Crippen molar-refractivity contribution in [2.24, 2.45) is 52.3 Å². The monoisotopic (exact) mass is 621 g/mol. The summed E-state index contributed by atoms with van der Waals surface area (Å²) in [4.78, 5) is 5.43. The van der Waals surface area contributed by atoms with Crippen LogP contribution in [0.15, 0.2) is 54.6 Å². The van der Waals surface area contributed by atoms with E-state index >= 15 is 0 Å². The molecule has 1 heterocycles. The second-order valence-electron chi connectivity index (χ2n) is 16.9. The first-order valence-corrected chi connectivity index (χ1v) is 18.8. The fourth-order valence-corrected chi connectivity index (χ4v) is 11.7. The lowest BCUT2D eigenvalue weighted by Gasteiger charge is -2.61. The summed E-state index contributed by atoms with van der Waals surface area (Å²) in [5, 5.41) is 0.778. The number of nitrogens with zero attached hydrogens (tertiary/aromatic N) is 1. The molecule has 0 spiro atoms. The van der Waals surface area contributed by atoms with Crippen LogP contribution in [0.1, 0.15) is 109 Å². The number of halogens is 1. The first kappa shape index (κ1) is 31.5. The number of benzene rings is 2. The van der Waals surface area contributed by atoms with Gasteiger partial charge in [-0.05, 0) is 145 Å². The summed E-state index contributed by atoms with van der Waals surface area (Å²) in [6.45, 7) is 15.0. The summed E-state index contributed by atoms with van der Waals surface area (Å²) >= 11 is 6.28. The van der Waals surface area contributed by atoms with E-state index in [9.17, 15) is 0 Å². The van der Waals surface area contributed by atoms with E-state index in [1.807, 2.05) is 12.1 Å². The van der Waals surface area contributed by atoms with Gasteiger partial charge >= 0.3 is 0 Å². The van der Waals surface area contributed by atoms with E-state index in [0.29, 0.717) is 10.8 Å². The number of aryl methyl sites for hydroxylation is 1. The molecule has 3 fully saturated rings. The van der Waals surface area contributed by atoms with Gasteiger partial charge in [-0.2, -0.15) is 0 Å². The Morgan fingerprint density at radius 3 is 2.27 bits per heavy atom. The fraction of sp³-hybridized carbons (Fsp3) is 0.605. The Labute approximate surface area is 279 Å². The third-order valence-electron chi connectivity index (χ3n) is 14.0. The first-order chi connectivity index (χ1) is 21.6. The topological polar surface area (TPSA) is 12.9 Å². The van der Waals surface area contributed by atoms with Crippen molar-refractivity contribution in [3.05, 3.63) is 76.4 Å². The van der Waals surface area contributed by atoms with Gasteiger partial charge in [-0.25, -0.2) is 0 Å². The molecule has 1 aromatic heterocycles. The van der Waals surface area contributed by atoms with Gasteiger partial charge < -0.3 is 0 Å². The van der Waals surface area contributed by atoms with Crippen LogP contribution in [0.3, 0.4) is 0 Å². The number of hydrogen-bond acceptors (Lipinski definition) is 1. The Morgan fingerprint density at radius 2 is 1.53 bits per heavy atom. The maximum absolute atomic E-state index is 6.28. The van der Waals surface area contributed by atoms with Crippen molar-refractivity contribution in [3.63, 3.8) is 0 Å². The van der Waals surface area contributed by atoms with E-state index in [1.54, 1.807) is 0 Å². The lowest BCUT2D eigenvalue weighted by atomic mass is 9.44. The highest BCUT2D eigenvalue weighted by molar-refractivity contribution is 6.30. The molecule has 0 amide bonds. The summed E-state index contributed by atoms with van der Waals surface area (Å²) in [5.74, 6) is 6.06. The molecular weight excluding hydrogens is 566 g/mol. The molecule has 0 N–H and O–H groups in total. The molecule has 240 valence electrons. The molecule has 0 aliphatic heterocycles. The van der Waals surface area contributed by atoms with Crippen LogP contribution in [0.2, 0.25) is 5.02 Å². The third-order valence-corrected chi connectivity index (χ3v) is 14.2. The molecule has 0 bridgehead atoms. The van der Waals surface area contributed by atoms with E-state index in [0.717, 1.165) is 64.1 Å². The van der Waals surface area contributed by atoms with E-state index < -0.39 is 0 Å². The van der Waals surface area contributed by atoms with Gasteiger partial charge in [0.25, 0.3) is 0 Å². The Kier molecular flexibility index (Phi) is 8.50. The Bertz CT molecular complexity index is 1500. The van der Waals surface area contributed by atoms with Crippen molar-refractivity contribution >= 4 is 11.6 Å². The molecule has 4 aliphatic carbocycles. The minimum atomic E-state index is 0.362. The minimum Gasteiger partial charge on any atom is -0.253 e. The highest BCUT2D eigenvalue weighted by atomic mass is 35.5. The average molecular weight is 622 g/mol. The summed E-state index contributed by atoms with van der Waals surface area (Å²) < 4.78 is 0. The van der Waals surface area contributed by atoms with E-state index in [4.69, 9.17) is 16.6 Å². The molecular formula is C43H56ClN. The summed E-state index contributed by atoms with van der Waals surface area (Å²) in [6, 6.07) is 19.9. The maximum Gasteiger partial charge on any atom is 0.0711 e. The zero-order chi connectivity index (χ0) is 31.5. The van der Waals surface area contributed by atoms with Crippen LogP contribution >= 0.6 is 11.6 Å². The maximum atomic E-state index is 6.28. The summed E-state index contributed by atoms with van der Waals surface area (Å²) in [5.41, 5.74) is 10.1. The molecule has 3 saturated carbocycles. The highest BCUT2D eigenvalue weighted by Gasteiger charge is 2.60. The first-order valence-electron chi connectivity index (χ1n) is 18.4. The smallest absolute Gasteiger partial charge is 0.0711 e. The van der Waals surface area contributed by atoms with Crippen molar-refractivity contribution in [1.82, 2.24) is 4.98 Å². The standard InChI is InChI=1S/C43H56ClN/c1-27(2)8-7-9-29(4)37-20-21-38-34-19-16-32-24-41-36(26-43(32,6)39(34)22-23-42(37,38)5)35(30-12-10-28(3)11-13-30)25-40(45-41)31-14-17-33(44)18-15-31/h10-15,17-18,25,27,29,32,34,37-39H,7-9,16,19-24,26H2,1-6H3/t29-,32-,34?,37+,38?,39?,42+,43-/m0/s1. The molecule has 4 aliphatic rings. The fourth-order valence-electron chi connectivity index (χ4n) is 11.5. The van der Waals surface area contributed by atoms with Crippen LogP contribution in [0, 0.1) is 59.2 Å². The molecule has 2 heteroatoms. The quantitative estimate of drug-likeness (QED) is 0.256. The second-order valence-corrected chi connectivity index (χ2v) is 17.4. The Balaban J connectivity index is 1.20. The Hall–Kier alpha value is -2.12. The van der Waals surface area contributed by atoms with Gasteiger partial charge in [-0.15, -0.1) is 0 Å². The highest BCUT2D eigenvalue weighted by Crippen LogP contribution is 2.68. The molecule has 45 heavy (non-hydrogen) atoms. The van der Waals surface area contributed by atoms with Crippen LogP contribution in [0.25, 0.3) is 22.4 Å². The molecule has 0 saturated heterocycles. The van der Waals surface area contributed by atoms with Gasteiger partial charge in [0.2, 0.25) is 0 Å². The predicted octanol–water partition coefficient (Wildman–Crippen LogP) is 12.4. The largest absolute Gasteiger partial charge is 0.253 e. The van der Waals surface area contributed by atoms with E-state index in [1.165, 1.54) is 92.2 Å². The number of rotatable bonds is 7. The van der Waals surface area contributed by atoms with Crippen molar-refractivity contribution in [2.75, 3.05) is 0 Å². The van der Waals surface area contributed by atoms with E-state index in [-0.39, 0.29) is 0 Å². The molecule has 7 rings (SSSR count). The van der Waals surface area contributed by atoms with Gasteiger partial charge in [0.05, 0.1) is 5.69 Å². The van der Waals surface area contributed by atoms with Crippen molar-refractivity contribution < 1.29 is 0 Å². The van der Waals surface area contributed by atoms with Gasteiger partial charge in [0, 0.05) is 16.3 Å². The third kappa shape index (κ3) is 5.62. The zero-order valence-electron chi connectivity index (χ0n) is 28.8. The lowest BCUT2D eigenvalue weighted by molar-refractivity contribution is -0.103. The van der Waals surface area contributed by atoms with Gasteiger partial charge in [-0.3, -0.25) is 4.98 Å². The minimum absolute atomic E-state index is 0.362. The summed E-state index contributed by atoms with van der Waals surface area (Å²) in [7, 11) is 0. The molecule has 2 aromatic carbocycles. The van der Waals surface area contributed by atoms with Crippen molar-refractivity contribution in [3.8, 4) is 22.4 Å². The number of pyridine rings is 1. The number of hydrogen-bond donors (Lipinski definition) is 0. The van der Waals surface area contributed by atoms with Crippen molar-refractivity contribution in [2.45, 2.75) is 112 Å². The van der Waals surface area contributed by atoms with Crippen LogP contribution in [-0.2, 0) is 12.8 Å². The lowest BCUT2D eigenvalue weighted by Crippen LogP contribution is -2.54. The normalized spacial score (nSPS) is 32.8. The number of fused-ring (bicyclic) bond motifs is 6. The molecule has 1 nitrogen and oxygen atoms in total.